The molecule has 3 N–H and O–H groups in total. The summed E-state index contributed by atoms with van der Waals surface area (Å²) in [5.41, 5.74) is 8.31. The van der Waals surface area contributed by atoms with Crippen molar-refractivity contribution in [1.29, 1.82) is 0 Å². The summed E-state index contributed by atoms with van der Waals surface area (Å²) < 4.78 is 9.62. The molecule has 5 heteroatoms. The van der Waals surface area contributed by atoms with Gasteiger partial charge in [-0.1, -0.05) is 24.3 Å². The third-order valence-corrected chi connectivity index (χ3v) is 4.64. The van der Waals surface area contributed by atoms with Crippen molar-refractivity contribution in [2.24, 2.45) is 5.73 Å². The van der Waals surface area contributed by atoms with Gasteiger partial charge in [-0.3, -0.25) is 4.79 Å². The maximum Gasteiger partial charge on any atom is 0.250 e. The van der Waals surface area contributed by atoms with Crippen LogP contribution in [0.25, 0.3) is 16.6 Å². The zero-order valence-corrected chi connectivity index (χ0v) is 13.3. The number of carbonyl (C=O) groups excluding carboxylic acids is 1. The van der Waals surface area contributed by atoms with Gasteiger partial charge in [-0.05, 0) is 49.0 Å². The quantitative estimate of drug-likeness (QED) is 0.779. The SMILES string of the molecule is [2H]c1ccc2cn(-c3ccc([C@H]4CCCNC4)cc3)nc2c1C(N)=O. The molecule has 1 aliphatic heterocycles. The van der Waals surface area contributed by atoms with E-state index in [1.807, 2.05) is 18.3 Å². The van der Waals surface area contributed by atoms with Gasteiger partial charge in [0.05, 0.1) is 12.6 Å². The first kappa shape index (κ1) is 13.7. The van der Waals surface area contributed by atoms with E-state index < -0.39 is 5.91 Å². The molecule has 122 valence electrons. The summed E-state index contributed by atoms with van der Waals surface area (Å²) >= 11 is 0. The van der Waals surface area contributed by atoms with Gasteiger partial charge in [0, 0.05) is 18.1 Å². The van der Waals surface area contributed by atoms with E-state index in [1.54, 1.807) is 16.8 Å². The molecule has 0 unspecified atom stereocenters. The van der Waals surface area contributed by atoms with Crippen molar-refractivity contribution in [1.82, 2.24) is 15.1 Å². The Hall–Kier alpha value is -2.66. The molecule has 0 radical (unpaired) electrons. The van der Waals surface area contributed by atoms with Gasteiger partial charge < -0.3 is 11.1 Å². The van der Waals surface area contributed by atoms with Gasteiger partial charge >= 0.3 is 0 Å². The summed E-state index contributed by atoms with van der Waals surface area (Å²) in [6.07, 6.45) is 4.28. The maximum absolute atomic E-state index is 11.6. The summed E-state index contributed by atoms with van der Waals surface area (Å²) in [4.78, 5) is 11.6. The van der Waals surface area contributed by atoms with E-state index in [4.69, 9.17) is 7.10 Å². The highest BCUT2D eigenvalue weighted by atomic mass is 16.1. The Kier molecular flexibility index (Phi) is 3.49. The van der Waals surface area contributed by atoms with Crippen LogP contribution in [-0.2, 0) is 0 Å². The first-order chi connectivity index (χ1) is 12.1. The topological polar surface area (TPSA) is 72.9 Å². The molecule has 2 heterocycles. The van der Waals surface area contributed by atoms with Gasteiger partial charge in [0.1, 0.15) is 5.52 Å². The van der Waals surface area contributed by atoms with Crippen LogP contribution >= 0.6 is 0 Å². The smallest absolute Gasteiger partial charge is 0.250 e. The average Bonchev–Trinajstić information content (AvgIpc) is 3.06. The number of hydrogen-bond acceptors (Lipinski definition) is 3. The van der Waals surface area contributed by atoms with Crippen molar-refractivity contribution >= 4 is 16.8 Å². The number of aromatic nitrogens is 2. The van der Waals surface area contributed by atoms with Crippen LogP contribution in [-0.4, -0.2) is 28.8 Å². The first-order valence-electron chi connectivity index (χ1n) is 8.73. The Morgan fingerprint density at radius 3 is 2.88 bits per heavy atom. The van der Waals surface area contributed by atoms with Crippen molar-refractivity contribution in [3.63, 3.8) is 0 Å². The average molecular weight is 321 g/mol. The molecule has 24 heavy (non-hydrogen) atoms. The van der Waals surface area contributed by atoms with E-state index in [0.717, 1.165) is 24.2 Å². The molecule has 1 saturated heterocycles. The maximum atomic E-state index is 11.6. The largest absolute Gasteiger partial charge is 0.366 e. The third kappa shape index (κ3) is 2.67. The molecule has 1 fully saturated rings. The molecule has 1 atom stereocenters. The molecule has 1 amide bonds. The fraction of sp³-hybridized carbons (Fsp3) is 0.263. The van der Waals surface area contributed by atoms with Crippen LogP contribution in [0.15, 0.2) is 48.6 Å². The second-order valence-corrected chi connectivity index (χ2v) is 6.23. The van der Waals surface area contributed by atoms with Gasteiger partial charge in [-0.15, -0.1) is 0 Å². The molecule has 5 nitrogen and oxygen atoms in total. The summed E-state index contributed by atoms with van der Waals surface area (Å²) in [7, 11) is 0. The van der Waals surface area contributed by atoms with Crippen LogP contribution in [0.1, 0.15) is 36.1 Å². The molecule has 0 bridgehead atoms. The van der Waals surface area contributed by atoms with Gasteiger partial charge in [0.2, 0.25) is 0 Å². The Morgan fingerprint density at radius 1 is 1.33 bits per heavy atom. The molecule has 0 saturated carbocycles. The number of piperidine rings is 1. The lowest BCUT2D eigenvalue weighted by molar-refractivity contribution is 0.100. The van der Waals surface area contributed by atoms with Crippen LogP contribution in [0.2, 0.25) is 0 Å². The number of benzene rings is 2. The lowest BCUT2D eigenvalue weighted by Gasteiger charge is -2.23. The second kappa shape index (κ2) is 6.09. The zero-order chi connectivity index (χ0) is 17.4. The minimum Gasteiger partial charge on any atom is -0.366 e. The van der Waals surface area contributed by atoms with E-state index >= 15 is 0 Å². The standard InChI is InChI=1S/C19H20N4O/c20-19(24)17-5-1-3-15-12-23(22-18(15)17)16-8-6-13(7-9-16)14-4-2-10-21-11-14/h1,3,5-9,12,14,21H,2,4,10-11H2,(H2,20,24)/t14-/m0/s1/i5D. The molecule has 1 aliphatic rings. The Balaban J connectivity index is 1.70. The highest BCUT2D eigenvalue weighted by Crippen LogP contribution is 2.25. The molecule has 3 aromatic rings. The minimum atomic E-state index is -0.624. The summed E-state index contributed by atoms with van der Waals surface area (Å²) in [6, 6.07) is 11.8. The van der Waals surface area contributed by atoms with Crippen LogP contribution in [0.5, 0.6) is 0 Å². The number of amides is 1. The van der Waals surface area contributed by atoms with E-state index in [1.165, 1.54) is 18.4 Å². The third-order valence-electron chi connectivity index (χ3n) is 4.64. The van der Waals surface area contributed by atoms with E-state index in [2.05, 4.69) is 22.5 Å². The predicted molar refractivity (Wildman–Crippen MR) is 94.4 cm³/mol. The summed E-state index contributed by atoms with van der Waals surface area (Å²) in [6.45, 7) is 2.13. The number of carbonyl (C=O) groups is 1. The van der Waals surface area contributed by atoms with Crippen LogP contribution in [0.3, 0.4) is 0 Å². The number of rotatable bonds is 3. The lowest BCUT2D eigenvalue weighted by Crippen LogP contribution is -2.28. The zero-order valence-electron chi connectivity index (χ0n) is 14.3. The van der Waals surface area contributed by atoms with Gasteiger partial charge in [-0.25, -0.2) is 4.68 Å². The fourth-order valence-electron chi connectivity index (χ4n) is 3.34. The van der Waals surface area contributed by atoms with Gasteiger partial charge in [-0.2, -0.15) is 5.10 Å². The minimum absolute atomic E-state index is 0.102. The number of nitrogens with one attached hydrogen (secondary N) is 1. The van der Waals surface area contributed by atoms with Crippen LogP contribution < -0.4 is 11.1 Å². The van der Waals surface area contributed by atoms with Crippen molar-refractivity contribution in [2.45, 2.75) is 18.8 Å². The van der Waals surface area contributed by atoms with E-state index in [0.29, 0.717) is 11.4 Å². The Bertz CT molecular complexity index is 926. The van der Waals surface area contributed by atoms with Crippen molar-refractivity contribution in [3.05, 3.63) is 59.8 Å². The van der Waals surface area contributed by atoms with Crippen molar-refractivity contribution in [3.8, 4) is 5.69 Å². The highest BCUT2D eigenvalue weighted by Gasteiger charge is 2.15. The molecule has 0 spiro atoms. The molecule has 2 aromatic carbocycles. The van der Waals surface area contributed by atoms with Crippen LogP contribution in [0, 0.1) is 0 Å². The normalized spacial score (nSPS) is 18.5. The van der Waals surface area contributed by atoms with Crippen LogP contribution in [0.4, 0.5) is 0 Å². The van der Waals surface area contributed by atoms with E-state index in [9.17, 15) is 4.79 Å². The van der Waals surface area contributed by atoms with Gasteiger partial charge in [0.25, 0.3) is 5.91 Å². The first-order valence-corrected chi connectivity index (χ1v) is 8.23. The van der Waals surface area contributed by atoms with E-state index in [-0.39, 0.29) is 11.6 Å². The molecular formula is C19H20N4O. The number of nitrogens with two attached hydrogens (primary N) is 1. The summed E-state index contributed by atoms with van der Waals surface area (Å²) in [5.74, 6) is -0.0622. The van der Waals surface area contributed by atoms with Crippen molar-refractivity contribution < 1.29 is 6.17 Å². The molecule has 4 rings (SSSR count). The fourth-order valence-corrected chi connectivity index (χ4v) is 3.34. The highest BCUT2D eigenvalue weighted by molar-refractivity contribution is 6.04. The molecular weight excluding hydrogens is 300 g/mol. The number of primary amides is 1. The van der Waals surface area contributed by atoms with Gasteiger partial charge in [0.15, 0.2) is 0 Å². The number of nitrogens with zero attached hydrogens (tertiary/aromatic N) is 2. The predicted octanol–water partition coefficient (Wildman–Crippen LogP) is 2.59. The Labute approximate surface area is 141 Å². The summed E-state index contributed by atoms with van der Waals surface area (Å²) in [5, 5.41) is 8.73. The molecule has 1 aromatic heterocycles. The second-order valence-electron chi connectivity index (χ2n) is 6.23. The monoisotopic (exact) mass is 321 g/mol. The van der Waals surface area contributed by atoms with Crippen molar-refractivity contribution in [2.75, 3.05) is 13.1 Å². The molecule has 0 aliphatic carbocycles. The lowest BCUT2D eigenvalue weighted by atomic mass is 9.92. The Morgan fingerprint density at radius 2 is 2.17 bits per heavy atom. The number of hydrogen-bond donors (Lipinski definition) is 2. The number of fused-ring (bicyclic) bond motifs is 1.